The molecule has 3 heteroatoms. The highest BCUT2D eigenvalue weighted by Crippen LogP contribution is 2.33. The molecule has 0 spiro atoms. The Hall–Kier alpha value is -0.380. The Morgan fingerprint density at radius 3 is 2.41 bits per heavy atom. The van der Waals surface area contributed by atoms with Crippen LogP contribution in [0.2, 0.25) is 0 Å². The summed E-state index contributed by atoms with van der Waals surface area (Å²) in [4.78, 5) is 2.70. The Bertz CT molecular complexity index is 362. The zero-order valence-electron chi connectivity index (χ0n) is 10.9. The van der Waals surface area contributed by atoms with E-state index in [1.54, 1.807) is 0 Å². The lowest BCUT2D eigenvalue weighted by Crippen LogP contribution is -2.44. The van der Waals surface area contributed by atoms with Gasteiger partial charge in [-0.1, -0.05) is 6.92 Å². The molecule has 1 aromatic rings. The van der Waals surface area contributed by atoms with E-state index in [1.807, 2.05) is 25.2 Å². The van der Waals surface area contributed by atoms with E-state index >= 15 is 0 Å². The molecule has 0 aliphatic carbocycles. The van der Waals surface area contributed by atoms with Crippen LogP contribution < -0.4 is 0 Å². The molecule has 17 heavy (non-hydrogen) atoms. The summed E-state index contributed by atoms with van der Waals surface area (Å²) in [6.07, 6.45) is 3.67. The summed E-state index contributed by atoms with van der Waals surface area (Å²) < 4.78 is 5.69. The summed E-state index contributed by atoms with van der Waals surface area (Å²) in [5.74, 6) is 0. The fraction of sp³-hybridized carbons (Fsp3) is 0.714. The maximum atomic E-state index is 10.7. The smallest absolute Gasteiger partial charge is 0.0744 e. The predicted octanol–water partition coefficient (Wildman–Crippen LogP) is 3.17. The third-order valence-corrected chi connectivity index (χ3v) is 4.60. The second-order valence-corrected chi connectivity index (χ2v) is 6.54. The molecule has 1 aliphatic rings. The van der Waals surface area contributed by atoms with Gasteiger partial charge in [-0.05, 0) is 32.4 Å². The molecule has 2 unspecified atom stereocenters. The van der Waals surface area contributed by atoms with Gasteiger partial charge < -0.3 is 9.84 Å². The Morgan fingerprint density at radius 1 is 1.29 bits per heavy atom. The number of thiophene rings is 1. The molecule has 2 atom stereocenters. The first kappa shape index (κ1) is 13.1. The minimum Gasteiger partial charge on any atom is -0.389 e. The molecule has 0 aromatic carbocycles. The normalized spacial score (nSPS) is 33.9. The standard InChI is InChI=1S/C14H22O2S/c1-4-12-5-6-13(17-12)9-14(15)7-10(2)16-11(3)8-14/h5-6,10-11,15H,4,7-9H2,1-3H3. The Morgan fingerprint density at radius 2 is 1.88 bits per heavy atom. The van der Waals surface area contributed by atoms with Crippen LogP contribution in [0.25, 0.3) is 0 Å². The van der Waals surface area contributed by atoms with Crippen LogP contribution in [0.5, 0.6) is 0 Å². The molecule has 1 aromatic heterocycles. The number of hydrogen-bond donors (Lipinski definition) is 1. The average molecular weight is 254 g/mol. The zero-order valence-corrected chi connectivity index (χ0v) is 11.7. The largest absolute Gasteiger partial charge is 0.389 e. The lowest BCUT2D eigenvalue weighted by molar-refractivity contribution is -0.130. The van der Waals surface area contributed by atoms with Gasteiger partial charge in [-0.15, -0.1) is 11.3 Å². The average Bonchev–Trinajstić information content (AvgIpc) is 2.62. The van der Waals surface area contributed by atoms with Crippen molar-refractivity contribution in [3.8, 4) is 0 Å². The van der Waals surface area contributed by atoms with Gasteiger partial charge in [0.2, 0.25) is 0 Å². The minimum atomic E-state index is -0.576. The molecule has 0 radical (unpaired) electrons. The molecule has 0 amide bonds. The first-order chi connectivity index (χ1) is 8.00. The van der Waals surface area contributed by atoms with Crippen LogP contribution in [0, 0.1) is 0 Å². The topological polar surface area (TPSA) is 29.5 Å². The number of aryl methyl sites for hydroxylation is 1. The second-order valence-electron chi connectivity index (χ2n) is 5.29. The van der Waals surface area contributed by atoms with Gasteiger partial charge in [-0.3, -0.25) is 0 Å². The number of ether oxygens (including phenoxy) is 1. The zero-order chi connectivity index (χ0) is 12.5. The summed E-state index contributed by atoms with van der Waals surface area (Å²) in [6, 6.07) is 4.34. The lowest BCUT2D eigenvalue weighted by Gasteiger charge is -2.39. The monoisotopic (exact) mass is 254 g/mol. The molecule has 2 heterocycles. The van der Waals surface area contributed by atoms with E-state index in [9.17, 15) is 5.11 Å². The number of aliphatic hydroxyl groups is 1. The van der Waals surface area contributed by atoms with Crippen molar-refractivity contribution in [1.29, 1.82) is 0 Å². The molecule has 1 N–H and O–H groups in total. The Kier molecular flexibility index (Phi) is 3.91. The van der Waals surface area contributed by atoms with E-state index in [4.69, 9.17) is 4.74 Å². The molecule has 0 bridgehead atoms. The van der Waals surface area contributed by atoms with E-state index in [1.165, 1.54) is 9.75 Å². The first-order valence-electron chi connectivity index (χ1n) is 6.46. The van der Waals surface area contributed by atoms with Gasteiger partial charge in [0.05, 0.1) is 17.8 Å². The summed E-state index contributed by atoms with van der Waals surface area (Å²) in [5, 5.41) is 10.7. The fourth-order valence-corrected chi connectivity index (χ4v) is 3.92. The highest BCUT2D eigenvalue weighted by Gasteiger charge is 2.37. The van der Waals surface area contributed by atoms with E-state index in [2.05, 4.69) is 19.1 Å². The number of hydrogen-bond acceptors (Lipinski definition) is 3. The van der Waals surface area contributed by atoms with Crippen LogP contribution in [0.1, 0.15) is 43.4 Å². The van der Waals surface area contributed by atoms with Gasteiger partial charge in [-0.2, -0.15) is 0 Å². The van der Waals surface area contributed by atoms with Crippen LogP contribution in [0.4, 0.5) is 0 Å². The van der Waals surface area contributed by atoms with Gasteiger partial charge in [-0.25, -0.2) is 0 Å². The maximum Gasteiger partial charge on any atom is 0.0744 e. The van der Waals surface area contributed by atoms with E-state index in [0.717, 1.165) is 25.7 Å². The van der Waals surface area contributed by atoms with Gasteiger partial charge in [0.1, 0.15) is 0 Å². The molecule has 1 saturated heterocycles. The molecule has 2 nitrogen and oxygen atoms in total. The minimum absolute atomic E-state index is 0.161. The van der Waals surface area contributed by atoms with E-state index in [-0.39, 0.29) is 12.2 Å². The Balaban J connectivity index is 2.05. The maximum absolute atomic E-state index is 10.7. The highest BCUT2D eigenvalue weighted by molar-refractivity contribution is 7.12. The van der Waals surface area contributed by atoms with Crippen molar-refractivity contribution >= 4 is 11.3 Å². The summed E-state index contributed by atoms with van der Waals surface area (Å²) in [5.41, 5.74) is -0.576. The van der Waals surface area contributed by atoms with Crippen LogP contribution >= 0.6 is 11.3 Å². The molecular formula is C14H22O2S. The quantitative estimate of drug-likeness (QED) is 0.897. The van der Waals surface area contributed by atoms with Crippen molar-refractivity contribution in [2.75, 3.05) is 0 Å². The van der Waals surface area contributed by atoms with Crippen LogP contribution in [-0.2, 0) is 17.6 Å². The van der Waals surface area contributed by atoms with Crippen LogP contribution in [0.15, 0.2) is 12.1 Å². The third kappa shape index (κ3) is 3.30. The van der Waals surface area contributed by atoms with Gasteiger partial charge >= 0.3 is 0 Å². The Labute approximate surface area is 108 Å². The summed E-state index contributed by atoms with van der Waals surface area (Å²) >= 11 is 1.83. The summed E-state index contributed by atoms with van der Waals surface area (Å²) in [7, 11) is 0. The van der Waals surface area contributed by atoms with Gasteiger partial charge in [0.15, 0.2) is 0 Å². The van der Waals surface area contributed by atoms with Crippen molar-refractivity contribution in [2.24, 2.45) is 0 Å². The van der Waals surface area contributed by atoms with E-state index in [0.29, 0.717) is 0 Å². The molecular weight excluding hydrogens is 232 g/mol. The van der Waals surface area contributed by atoms with Crippen LogP contribution in [0.3, 0.4) is 0 Å². The van der Waals surface area contributed by atoms with Crippen molar-refractivity contribution < 1.29 is 9.84 Å². The van der Waals surface area contributed by atoms with Crippen molar-refractivity contribution in [2.45, 2.75) is 64.3 Å². The van der Waals surface area contributed by atoms with Gasteiger partial charge in [0, 0.05) is 29.0 Å². The predicted molar refractivity (Wildman–Crippen MR) is 71.6 cm³/mol. The lowest BCUT2D eigenvalue weighted by atomic mass is 9.84. The number of rotatable bonds is 3. The van der Waals surface area contributed by atoms with Crippen LogP contribution in [-0.4, -0.2) is 22.9 Å². The molecule has 96 valence electrons. The molecule has 0 saturated carbocycles. The van der Waals surface area contributed by atoms with Crippen molar-refractivity contribution in [3.63, 3.8) is 0 Å². The highest BCUT2D eigenvalue weighted by atomic mass is 32.1. The van der Waals surface area contributed by atoms with E-state index < -0.39 is 5.60 Å². The molecule has 1 fully saturated rings. The fourth-order valence-electron chi connectivity index (χ4n) is 2.82. The van der Waals surface area contributed by atoms with Crippen molar-refractivity contribution in [1.82, 2.24) is 0 Å². The summed E-state index contributed by atoms with van der Waals surface area (Å²) in [6.45, 7) is 6.27. The molecule has 1 aliphatic heterocycles. The van der Waals surface area contributed by atoms with Gasteiger partial charge in [0.25, 0.3) is 0 Å². The third-order valence-electron chi connectivity index (χ3n) is 3.37. The molecule has 2 rings (SSSR count). The SMILES string of the molecule is CCc1ccc(CC2(O)CC(C)OC(C)C2)s1. The first-order valence-corrected chi connectivity index (χ1v) is 7.28. The second kappa shape index (κ2) is 5.09. The van der Waals surface area contributed by atoms with Crippen molar-refractivity contribution in [3.05, 3.63) is 21.9 Å².